The molecule has 5 heteroatoms. The molecule has 2 aromatic carbocycles. The number of hydrogen-bond donors (Lipinski definition) is 2. The predicted molar refractivity (Wildman–Crippen MR) is 99.9 cm³/mol. The molecule has 3 aromatic rings. The van der Waals surface area contributed by atoms with Crippen molar-refractivity contribution in [2.45, 2.75) is 6.10 Å². The highest BCUT2D eigenvalue weighted by atomic mass is 32.1. The highest BCUT2D eigenvalue weighted by Crippen LogP contribution is 2.29. The SMILES string of the molecule is CN(C)c1cccc(C(=O)NC[C@@H](O)c2csc3ccccc23)c1. The fourth-order valence-corrected chi connectivity index (χ4v) is 3.59. The fourth-order valence-electron chi connectivity index (χ4n) is 2.58. The highest BCUT2D eigenvalue weighted by Gasteiger charge is 2.15. The summed E-state index contributed by atoms with van der Waals surface area (Å²) >= 11 is 1.60. The average Bonchev–Trinajstić information content (AvgIpc) is 3.03. The second-order valence-corrected chi connectivity index (χ2v) is 6.77. The number of hydrogen-bond acceptors (Lipinski definition) is 4. The summed E-state index contributed by atoms with van der Waals surface area (Å²) in [6, 6.07) is 15.4. The smallest absolute Gasteiger partial charge is 0.251 e. The summed E-state index contributed by atoms with van der Waals surface area (Å²) in [7, 11) is 3.87. The number of nitrogens with zero attached hydrogens (tertiary/aromatic N) is 1. The van der Waals surface area contributed by atoms with Gasteiger partial charge in [-0.3, -0.25) is 4.79 Å². The molecular formula is C19H20N2O2S. The van der Waals surface area contributed by atoms with E-state index in [0.29, 0.717) is 5.56 Å². The van der Waals surface area contributed by atoms with E-state index >= 15 is 0 Å². The first-order valence-corrected chi connectivity index (χ1v) is 8.64. The Hall–Kier alpha value is -2.37. The second kappa shape index (κ2) is 7.03. The van der Waals surface area contributed by atoms with E-state index in [0.717, 1.165) is 21.3 Å². The van der Waals surface area contributed by atoms with Crippen LogP contribution in [0, 0.1) is 0 Å². The van der Waals surface area contributed by atoms with Crippen molar-refractivity contribution in [3.05, 3.63) is 65.0 Å². The molecule has 0 fully saturated rings. The molecule has 4 nitrogen and oxygen atoms in total. The zero-order valence-electron chi connectivity index (χ0n) is 13.7. The number of thiophene rings is 1. The Morgan fingerprint density at radius 3 is 2.79 bits per heavy atom. The number of carbonyl (C=O) groups is 1. The van der Waals surface area contributed by atoms with Crippen LogP contribution in [0.15, 0.2) is 53.9 Å². The number of fused-ring (bicyclic) bond motifs is 1. The molecule has 0 aliphatic heterocycles. The van der Waals surface area contributed by atoms with Crippen LogP contribution in [0.4, 0.5) is 5.69 Å². The molecule has 0 unspecified atom stereocenters. The van der Waals surface area contributed by atoms with Gasteiger partial charge in [0.15, 0.2) is 0 Å². The number of nitrogens with one attached hydrogen (secondary N) is 1. The van der Waals surface area contributed by atoms with Crippen molar-refractivity contribution in [1.29, 1.82) is 0 Å². The van der Waals surface area contributed by atoms with Gasteiger partial charge in [0.25, 0.3) is 5.91 Å². The molecule has 0 saturated heterocycles. The van der Waals surface area contributed by atoms with Crippen LogP contribution in [-0.2, 0) is 0 Å². The van der Waals surface area contributed by atoms with Crippen LogP contribution in [0.25, 0.3) is 10.1 Å². The lowest BCUT2D eigenvalue weighted by Crippen LogP contribution is -2.28. The van der Waals surface area contributed by atoms with E-state index in [4.69, 9.17) is 0 Å². The van der Waals surface area contributed by atoms with Gasteiger partial charge >= 0.3 is 0 Å². The molecule has 0 bridgehead atoms. The van der Waals surface area contributed by atoms with Gasteiger partial charge in [-0.05, 0) is 35.0 Å². The quantitative estimate of drug-likeness (QED) is 0.748. The largest absolute Gasteiger partial charge is 0.387 e. The van der Waals surface area contributed by atoms with Crippen molar-refractivity contribution in [2.75, 3.05) is 25.5 Å². The number of rotatable bonds is 5. The number of aliphatic hydroxyl groups is 1. The van der Waals surface area contributed by atoms with Crippen LogP contribution in [0.3, 0.4) is 0 Å². The maximum absolute atomic E-state index is 12.3. The second-order valence-electron chi connectivity index (χ2n) is 5.86. The van der Waals surface area contributed by atoms with Crippen molar-refractivity contribution in [2.24, 2.45) is 0 Å². The Labute approximate surface area is 145 Å². The molecule has 1 heterocycles. The van der Waals surface area contributed by atoms with Gasteiger partial charge in [-0.15, -0.1) is 11.3 Å². The van der Waals surface area contributed by atoms with Crippen LogP contribution in [-0.4, -0.2) is 31.7 Å². The Bertz CT molecular complexity index is 857. The number of carbonyl (C=O) groups excluding carboxylic acids is 1. The minimum Gasteiger partial charge on any atom is -0.387 e. The van der Waals surface area contributed by atoms with Crippen molar-refractivity contribution in [3.63, 3.8) is 0 Å². The molecule has 2 N–H and O–H groups in total. The summed E-state index contributed by atoms with van der Waals surface area (Å²) in [6.45, 7) is 0.186. The first-order valence-electron chi connectivity index (χ1n) is 7.76. The number of benzene rings is 2. The molecule has 124 valence electrons. The Morgan fingerprint density at radius 2 is 2.00 bits per heavy atom. The third-order valence-electron chi connectivity index (χ3n) is 3.95. The van der Waals surface area contributed by atoms with E-state index < -0.39 is 6.10 Å². The maximum atomic E-state index is 12.3. The number of aliphatic hydroxyl groups excluding tert-OH is 1. The van der Waals surface area contributed by atoms with Gasteiger partial charge < -0.3 is 15.3 Å². The summed E-state index contributed by atoms with van der Waals surface area (Å²) in [5.41, 5.74) is 2.41. The highest BCUT2D eigenvalue weighted by molar-refractivity contribution is 7.17. The normalized spacial score (nSPS) is 12.1. The molecule has 0 saturated carbocycles. The van der Waals surface area contributed by atoms with Gasteiger partial charge in [0, 0.05) is 42.2 Å². The summed E-state index contributed by atoms with van der Waals surface area (Å²) in [5, 5.41) is 16.2. The Kier molecular flexibility index (Phi) is 4.83. The lowest BCUT2D eigenvalue weighted by molar-refractivity contribution is 0.0917. The van der Waals surface area contributed by atoms with Crippen molar-refractivity contribution in [1.82, 2.24) is 5.32 Å². The van der Waals surface area contributed by atoms with E-state index in [2.05, 4.69) is 5.32 Å². The van der Waals surface area contributed by atoms with Gasteiger partial charge in [0.2, 0.25) is 0 Å². The van der Waals surface area contributed by atoms with Gasteiger partial charge in [-0.1, -0.05) is 24.3 Å². The molecular weight excluding hydrogens is 320 g/mol. The van der Waals surface area contributed by atoms with Crippen molar-refractivity contribution >= 4 is 33.0 Å². The van der Waals surface area contributed by atoms with Gasteiger partial charge in [-0.2, -0.15) is 0 Å². The van der Waals surface area contributed by atoms with Crippen LogP contribution in [0.2, 0.25) is 0 Å². The molecule has 0 radical (unpaired) electrons. The third-order valence-corrected chi connectivity index (χ3v) is 4.93. The van der Waals surface area contributed by atoms with Crippen LogP contribution in [0.5, 0.6) is 0 Å². The van der Waals surface area contributed by atoms with Gasteiger partial charge in [0.1, 0.15) is 0 Å². The Balaban J connectivity index is 1.69. The molecule has 3 rings (SSSR count). The van der Waals surface area contributed by atoms with Crippen molar-refractivity contribution in [3.8, 4) is 0 Å². The number of anilines is 1. The lowest BCUT2D eigenvalue weighted by atomic mass is 10.1. The summed E-state index contributed by atoms with van der Waals surface area (Å²) in [6.07, 6.45) is -0.720. The average molecular weight is 340 g/mol. The maximum Gasteiger partial charge on any atom is 0.251 e. The van der Waals surface area contributed by atoms with Gasteiger partial charge in [0.05, 0.1) is 6.10 Å². The zero-order valence-corrected chi connectivity index (χ0v) is 14.5. The van der Waals surface area contributed by atoms with Crippen LogP contribution in [0.1, 0.15) is 22.0 Å². The molecule has 0 spiro atoms. The van der Waals surface area contributed by atoms with E-state index in [1.807, 2.05) is 66.8 Å². The summed E-state index contributed by atoms with van der Waals surface area (Å²) in [5.74, 6) is -0.183. The molecule has 1 amide bonds. The standard InChI is InChI=1S/C19H20N2O2S/c1-21(2)14-7-5-6-13(10-14)19(23)20-11-17(22)16-12-24-18-9-4-3-8-15(16)18/h3-10,12,17,22H,11H2,1-2H3,(H,20,23)/t17-/m1/s1. The topological polar surface area (TPSA) is 52.6 Å². The Morgan fingerprint density at radius 1 is 1.21 bits per heavy atom. The zero-order chi connectivity index (χ0) is 17.1. The number of amides is 1. The monoisotopic (exact) mass is 340 g/mol. The van der Waals surface area contributed by atoms with E-state index in [-0.39, 0.29) is 12.5 Å². The molecule has 0 aliphatic carbocycles. The first kappa shape index (κ1) is 16.5. The third kappa shape index (κ3) is 3.42. The first-order chi connectivity index (χ1) is 11.6. The van der Waals surface area contributed by atoms with E-state index in [1.54, 1.807) is 17.4 Å². The molecule has 1 atom stereocenters. The van der Waals surface area contributed by atoms with E-state index in [1.165, 1.54) is 0 Å². The summed E-state index contributed by atoms with van der Waals surface area (Å²) < 4.78 is 1.14. The van der Waals surface area contributed by atoms with Crippen molar-refractivity contribution < 1.29 is 9.90 Å². The summed E-state index contributed by atoms with van der Waals surface area (Å²) in [4.78, 5) is 14.3. The van der Waals surface area contributed by atoms with Gasteiger partial charge in [-0.25, -0.2) is 0 Å². The minimum absolute atomic E-state index is 0.183. The minimum atomic E-state index is -0.720. The molecule has 24 heavy (non-hydrogen) atoms. The fraction of sp³-hybridized carbons (Fsp3) is 0.211. The van der Waals surface area contributed by atoms with Crippen LogP contribution >= 0.6 is 11.3 Å². The van der Waals surface area contributed by atoms with Crippen LogP contribution < -0.4 is 10.2 Å². The van der Waals surface area contributed by atoms with E-state index in [9.17, 15) is 9.90 Å². The lowest BCUT2D eigenvalue weighted by Gasteiger charge is -2.14. The molecule has 1 aromatic heterocycles. The predicted octanol–water partition coefficient (Wildman–Crippen LogP) is 3.43. The molecule has 0 aliphatic rings.